The maximum absolute atomic E-state index is 12.5. The molecule has 0 saturated carbocycles. The second-order valence-corrected chi connectivity index (χ2v) is 5.09. The summed E-state index contributed by atoms with van der Waals surface area (Å²) in [4.78, 5) is 14.3. The summed E-state index contributed by atoms with van der Waals surface area (Å²) in [7, 11) is 1.86. The van der Waals surface area contributed by atoms with E-state index < -0.39 is 0 Å². The van der Waals surface area contributed by atoms with Crippen LogP contribution < -0.4 is 0 Å². The van der Waals surface area contributed by atoms with Crippen LogP contribution in [0.3, 0.4) is 0 Å². The first-order valence-corrected chi connectivity index (χ1v) is 6.45. The predicted octanol–water partition coefficient (Wildman–Crippen LogP) is 0.881. The second kappa shape index (κ2) is 5.10. The zero-order valence-corrected chi connectivity index (χ0v) is 11.3. The molecule has 1 amide bonds. The fourth-order valence-corrected chi connectivity index (χ4v) is 2.68. The third kappa shape index (κ3) is 2.27. The van der Waals surface area contributed by atoms with Crippen LogP contribution in [-0.4, -0.2) is 45.4 Å². The molecule has 1 saturated heterocycles. The first-order valence-electron chi connectivity index (χ1n) is 6.45. The maximum Gasteiger partial charge on any atom is 0.257 e. The summed E-state index contributed by atoms with van der Waals surface area (Å²) in [5.41, 5.74) is 2.45. The Labute approximate surface area is 107 Å². The van der Waals surface area contributed by atoms with Crippen LogP contribution in [0.25, 0.3) is 0 Å². The zero-order valence-electron chi connectivity index (χ0n) is 11.3. The van der Waals surface area contributed by atoms with Crippen LogP contribution in [0, 0.1) is 19.8 Å². The SMILES string of the molecule is Cc1nn(C)c(C)c1C(=O)N1CCC(CCO)C1. The predicted molar refractivity (Wildman–Crippen MR) is 68.4 cm³/mol. The minimum absolute atomic E-state index is 0.0820. The van der Waals surface area contributed by atoms with Crippen molar-refractivity contribution in [1.82, 2.24) is 14.7 Å². The van der Waals surface area contributed by atoms with Crippen LogP contribution in [0.4, 0.5) is 0 Å². The van der Waals surface area contributed by atoms with Gasteiger partial charge >= 0.3 is 0 Å². The molecule has 18 heavy (non-hydrogen) atoms. The Morgan fingerprint density at radius 2 is 2.22 bits per heavy atom. The Kier molecular flexibility index (Phi) is 3.71. The summed E-state index contributed by atoms with van der Waals surface area (Å²) in [5, 5.41) is 13.2. The molecular formula is C13H21N3O2. The molecule has 0 radical (unpaired) electrons. The molecule has 1 aromatic rings. The van der Waals surface area contributed by atoms with Crippen LogP contribution in [0.5, 0.6) is 0 Å². The molecule has 0 aromatic carbocycles. The van der Waals surface area contributed by atoms with E-state index in [1.807, 2.05) is 25.8 Å². The van der Waals surface area contributed by atoms with Gasteiger partial charge in [0, 0.05) is 32.4 Å². The summed E-state index contributed by atoms with van der Waals surface area (Å²) < 4.78 is 1.75. The van der Waals surface area contributed by atoms with E-state index in [0.29, 0.717) is 5.92 Å². The average Bonchev–Trinajstić information content (AvgIpc) is 2.86. The first-order chi connectivity index (χ1) is 8.54. The Balaban J connectivity index is 2.13. The minimum atomic E-state index is 0.0820. The van der Waals surface area contributed by atoms with E-state index in [9.17, 15) is 4.79 Å². The molecule has 1 atom stereocenters. The highest BCUT2D eigenvalue weighted by Gasteiger charge is 2.29. The van der Waals surface area contributed by atoms with Gasteiger partial charge < -0.3 is 10.0 Å². The van der Waals surface area contributed by atoms with E-state index in [2.05, 4.69) is 5.10 Å². The lowest BCUT2D eigenvalue weighted by Crippen LogP contribution is -2.29. The van der Waals surface area contributed by atoms with E-state index in [4.69, 9.17) is 5.11 Å². The molecule has 1 aliphatic rings. The van der Waals surface area contributed by atoms with Crippen LogP contribution in [0.15, 0.2) is 0 Å². The molecule has 1 N–H and O–H groups in total. The fraction of sp³-hybridized carbons (Fsp3) is 0.692. The third-order valence-corrected chi connectivity index (χ3v) is 3.83. The Hall–Kier alpha value is -1.36. The van der Waals surface area contributed by atoms with Crippen molar-refractivity contribution >= 4 is 5.91 Å². The van der Waals surface area contributed by atoms with Gasteiger partial charge in [-0.05, 0) is 32.6 Å². The highest BCUT2D eigenvalue weighted by molar-refractivity contribution is 5.96. The van der Waals surface area contributed by atoms with Crippen molar-refractivity contribution in [3.8, 4) is 0 Å². The van der Waals surface area contributed by atoms with Crippen molar-refractivity contribution in [2.75, 3.05) is 19.7 Å². The largest absolute Gasteiger partial charge is 0.396 e. The Bertz CT molecular complexity index is 453. The van der Waals surface area contributed by atoms with Gasteiger partial charge in [0.15, 0.2) is 0 Å². The lowest BCUT2D eigenvalue weighted by Gasteiger charge is -2.16. The van der Waals surface area contributed by atoms with Crippen LogP contribution >= 0.6 is 0 Å². The molecule has 0 spiro atoms. The molecule has 1 fully saturated rings. The molecule has 1 unspecified atom stereocenters. The molecule has 5 heteroatoms. The quantitative estimate of drug-likeness (QED) is 0.867. The standard InChI is InChI=1S/C13H21N3O2/c1-9-12(10(2)15(3)14-9)13(18)16-6-4-11(8-16)5-7-17/h11,17H,4-8H2,1-3H3. The van der Waals surface area contributed by atoms with Gasteiger partial charge in [-0.3, -0.25) is 9.48 Å². The highest BCUT2D eigenvalue weighted by Crippen LogP contribution is 2.23. The lowest BCUT2D eigenvalue weighted by molar-refractivity contribution is 0.0783. The number of amides is 1. The maximum atomic E-state index is 12.5. The van der Waals surface area contributed by atoms with Gasteiger partial charge in [-0.1, -0.05) is 0 Å². The highest BCUT2D eigenvalue weighted by atomic mass is 16.3. The van der Waals surface area contributed by atoms with Gasteiger partial charge in [-0.2, -0.15) is 5.10 Å². The second-order valence-electron chi connectivity index (χ2n) is 5.09. The van der Waals surface area contributed by atoms with Crippen molar-refractivity contribution < 1.29 is 9.90 Å². The number of likely N-dealkylation sites (tertiary alicyclic amines) is 1. The van der Waals surface area contributed by atoms with Gasteiger partial charge in [0.05, 0.1) is 11.3 Å². The van der Waals surface area contributed by atoms with Crippen LogP contribution in [0.2, 0.25) is 0 Å². The molecule has 2 heterocycles. The topological polar surface area (TPSA) is 58.4 Å². The summed E-state index contributed by atoms with van der Waals surface area (Å²) in [6.07, 6.45) is 1.78. The van der Waals surface area contributed by atoms with E-state index >= 15 is 0 Å². The molecule has 1 aromatic heterocycles. The van der Waals surface area contributed by atoms with Gasteiger partial charge in [0.2, 0.25) is 0 Å². The van der Waals surface area contributed by atoms with Crippen molar-refractivity contribution in [1.29, 1.82) is 0 Å². The molecular weight excluding hydrogens is 230 g/mol. The molecule has 2 rings (SSSR count). The number of aliphatic hydroxyl groups is 1. The smallest absolute Gasteiger partial charge is 0.257 e. The molecule has 0 aliphatic carbocycles. The number of hydrogen-bond donors (Lipinski definition) is 1. The van der Waals surface area contributed by atoms with Crippen molar-refractivity contribution in [3.63, 3.8) is 0 Å². The van der Waals surface area contributed by atoms with Crippen LogP contribution in [0.1, 0.15) is 34.6 Å². The fourth-order valence-electron chi connectivity index (χ4n) is 2.68. The van der Waals surface area contributed by atoms with Crippen molar-refractivity contribution in [2.24, 2.45) is 13.0 Å². The summed E-state index contributed by atoms with van der Waals surface area (Å²) in [6.45, 7) is 5.55. The monoisotopic (exact) mass is 251 g/mol. The van der Waals surface area contributed by atoms with Gasteiger partial charge in [0.1, 0.15) is 0 Å². The third-order valence-electron chi connectivity index (χ3n) is 3.83. The summed E-state index contributed by atoms with van der Waals surface area (Å²) >= 11 is 0. The number of aryl methyl sites for hydroxylation is 2. The van der Waals surface area contributed by atoms with E-state index in [1.54, 1.807) is 4.68 Å². The van der Waals surface area contributed by atoms with E-state index in [1.165, 1.54) is 0 Å². The molecule has 1 aliphatic heterocycles. The minimum Gasteiger partial charge on any atom is -0.396 e. The number of hydrogen-bond acceptors (Lipinski definition) is 3. The number of aliphatic hydroxyl groups excluding tert-OH is 1. The van der Waals surface area contributed by atoms with Crippen molar-refractivity contribution in [2.45, 2.75) is 26.7 Å². The zero-order chi connectivity index (χ0) is 13.3. The Morgan fingerprint density at radius 1 is 1.50 bits per heavy atom. The average molecular weight is 251 g/mol. The van der Waals surface area contributed by atoms with Crippen LogP contribution in [-0.2, 0) is 7.05 Å². The lowest BCUT2D eigenvalue weighted by atomic mass is 10.1. The summed E-state index contributed by atoms with van der Waals surface area (Å²) in [5.74, 6) is 0.523. The van der Waals surface area contributed by atoms with Crippen molar-refractivity contribution in [3.05, 3.63) is 17.0 Å². The molecule has 0 bridgehead atoms. The number of aromatic nitrogens is 2. The molecule has 100 valence electrons. The number of rotatable bonds is 3. The van der Waals surface area contributed by atoms with E-state index in [0.717, 1.165) is 42.9 Å². The number of carbonyl (C=O) groups is 1. The van der Waals surface area contributed by atoms with Gasteiger partial charge in [0.25, 0.3) is 5.91 Å². The van der Waals surface area contributed by atoms with E-state index in [-0.39, 0.29) is 12.5 Å². The Morgan fingerprint density at radius 3 is 2.78 bits per heavy atom. The van der Waals surface area contributed by atoms with Gasteiger partial charge in [-0.15, -0.1) is 0 Å². The molecule has 5 nitrogen and oxygen atoms in total. The summed E-state index contributed by atoms with van der Waals surface area (Å²) in [6, 6.07) is 0. The number of nitrogens with zero attached hydrogens (tertiary/aromatic N) is 3. The number of carbonyl (C=O) groups excluding carboxylic acids is 1. The normalized spacial score (nSPS) is 19.6. The van der Waals surface area contributed by atoms with Gasteiger partial charge in [-0.25, -0.2) is 0 Å². The first kappa shape index (κ1) is 13.1.